The lowest BCUT2D eigenvalue weighted by Gasteiger charge is -2.08. The van der Waals surface area contributed by atoms with Crippen LogP contribution in [0.25, 0.3) is 11.3 Å². The van der Waals surface area contributed by atoms with Crippen LogP contribution in [0.2, 0.25) is 0 Å². The minimum Gasteiger partial charge on any atom is -0.497 e. The lowest BCUT2D eigenvalue weighted by molar-refractivity contribution is 0.0924. The number of benzene rings is 1. The van der Waals surface area contributed by atoms with Gasteiger partial charge >= 0.3 is 0 Å². The first-order valence-electron chi connectivity index (χ1n) is 6.26. The van der Waals surface area contributed by atoms with Crippen LogP contribution < -0.4 is 10.1 Å². The Labute approximate surface area is 116 Å². The molecule has 0 aliphatic carbocycles. The Kier molecular flexibility index (Phi) is 4.37. The van der Waals surface area contributed by atoms with Crippen LogP contribution in [0, 0.1) is 0 Å². The first-order chi connectivity index (χ1) is 9.61. The molecule has 20 heavy (non-hydrogen) atoms. The van der Waals surface area contributed by atoms with Crippen molar-refractivity contribution in [1.82, 2.24) is 15.5 Å². The monoisotopic (exact) mass is 275 g/mol. The Bertz CT molecular complexity index is 576. The standard InChI is InChI=1S/C14H17N3O3/c1-9(18)7-15-14(19)12-8-16-17-13(12)10-3-5-11(20-2)6-4-10/h3-6,8-9,18H,7H2,1-2H3,(H,15,19)(H,16,17). The minimum absolute atomic E-state index is 0.200. The molecule has 1 amide bonds. The molecule has 2 rings (SSSR count). The van der Waals surface area contributed by atoms with Crippen LogP contribution in [-0.2, 0) is 0 Å². The van der Waals surface area contributed by atoms with Gasteiger partial charge in [0.2, 0.25) is 0 Å². The molecule has 0 aliphatic heterocycles. The summed E-state index contributed by atoms with van der Waals surface area (Å²) in [7, 11) is 1.60. The number of amides is 1. The maximum atomic E-state index is 12.0. The van der Waals surface area contributed by atoms with E-state index in [0.29, 0.717) is 11.3 Å². The van der Waals surface area contributed by atoms with Crippen molar-refractivity contribution in [3.63, 3.8) is 0 Å². The van der Waals surface area contributed by atoms with Crippen molar-refractivity contribution in [2.45, 2.75) is 13.0 Å². The molecule has 0 saturated carbocycles. The predicted molar refractivity (Wildman–Crippen MR) is 74.6 cm³/mol. The van der Waals surface area contributed by atoms with Gasteiger partial charge in [0.15, 0.2) is 0 Å². The number of H-pyrrole nitrogens is 1. The lowest BCUT2D eigenvalue weighted by atomic mass is 10.1. The van der Waals surface area contributed by atoms with Gasteiger partial charge in [-0.15, -0.1) is 0 Å². The number of carbonyl (C=O) groups is 1. The molecule has 0 radical (unpaired) electrons. The maximum absolute atomic E-state index is 12.0. The summed E-state index contributed by atoms with van der Waals surface area (Å²) in [4.78, 5) is 12.0. The first kappa shape index (κ1) is 14.1. The van der Waals surface area contributed by atoms with Crippen molar-refractivity contribution < 1.29 is 14.6 Å². The number of methoxy groups -OCH3 is 1. The number of nitrogens with one attached hydrogen (secondary N) is 2. The highest BCUT2D eigenvalue weighted by molar-refractivity contribution is 5.99. The van der Waals surface area contributed by atoms with Crippen LogP contribution in [-0.4, -0.2) is 41.0 Å². The van der Waals surface area contributed by atoms with E-state index in [1.807, 2.05) is 24.3 Å². The molecule has 6 heteroatoms. The average Bonchev–Trinajstić information content (AvgIpc) is 2.94. The molecular weight excluding hydrogens is 258 g/mol. The van der Waals surface area contributed by atoms with Gasteiger partial charge in [-0.25, -0.2) is 0 Å². The fourth-order valence-corrected chi connectivity index (χ4v) is 1.77. The number of hydrogen-bond donors (Lipinski definition) is 3. The molecule has 0 spiro atoms. The molecular formula is C14H17N3O3. The predicted octanol–water partition coefficient (Wildman–Crippen LogP) is 1.20. The maximum Gasteiger partial charge on any atom is 0.255 e. The summed E-state index contributed by atoms with van der Waals surface area (Å²) in [5.41, 5.74) is 1.91. The van der Waals surface area contributed by atoms with Crippen LogP contribution in [0.4, 0.5) is 0 Å². The summed E-state index contributed by atoms with van der Waals surface area (Å²) in [6, 6.07) is 7.32. The van der Waals surface area contributed by atoms with Crippen molar-refractivity contribution >= 4 is 5.91 Å². The summed E-state index contributed by atoms with van der Waals surface area (Å²) in [5, 5.41) is 18.6. The molecule has 1 unspecified atom stereocenters. The number of aliphatic hydroxyl groups is 1. The zero-order valence-corrected chi connectivity index (χ0v) is 11.4. The van der Waals surface area contributed by atoms with E-state index in [9.17, 15) is 9.90 Å². The van der Waals surface area contributed by atoms with Gasteiger partial charge in [-0.05, 0) is 31.2 Å². The smallest absolute Gasteiger partial charge is 0.255 e. The van der Waals surface area contributed by atoms with Gasteiger partial charge in [-0.2, -0.15) is 5.10 Å². The number of aromatic nitrogens is 2. The van der Waals surface area contributed by atoms with E-state index in [4.69, 9.17) is 4.74 Å². The van der Waals surface area contributed by atoms with Crippen LogP contribution in [0.3, 0.4) is 0 Å². The molecule has 1 aromatic heterocycles. The normalized spacial score (nSPS) is 11.9. The van der Waals surface area contributed by atoms with E-state index in [1.165, 1.54) is 6.20 Å². The van der Waals surface area contributed by atoms with E-state index in [2.05, 4.69) is 15.5 Å². The number of nitrogens with zero attached hydrogens (tertiary/aromatic N) is 1. The summed E-state index contributed by atoms with van der Waals surface area (Å²) < 4.78 is 5.10. The van der Waals surface area contributed by atoms with Crippen molar-refractivity contribution in [1.29, 1.82) is 0 Å². The first-order valence-corrected chi connectivity index (χ1v) is 6.26. The molecule has 1 heterocycles. The second-order valence-electron chi connectivity index (χ2n) is 4.45. The molecule has 1 aromatic carbocycles. The Morgan fingerprint density at radius 3 is 2.75 bits per heavy atom. The molecule has 1 atom stereocenters. The number of ether oxygens (including phenoxy) is 1. The molecule has 106 valence electrons. The topological polar surface area (TPSA) is 87.2 Å². The van der Waals surface area contributed by atoms with E-state index in [0.717, 1.165) is 11.3 Å². The van der Waals surface area contributed by atoms with Gasteiger partial charge < -0.3 is 15.2 Å². The number of rotatable bonds is 5. The third-order valence-electron chi connectivity index (χ3n) is 2.82. The van der Waals surface area contributed by atoms with Gasteiger partial charge in [-0.3, -0.25) is 9.89 Å². The zero-order chi connectivity index (χ0) is 14.5. The zero-order valence-electron chi connectivity index (χ0n) is 11.4. The average molecular weight is 275 g/mol. The van der Waals surface area contributed by atoms with Crippen molar-refractivity contribution in [2.24, 2.45) is 0 Å². The third kappa shape index (κ3) is 3.16. The van der Waals surface area contributed by atoms with E-state index in [1.54, 1.807) is 14.0 Å². The minimum atomic E-state index is -0.588. The Balaban J connectivity index is 2.20. The Hall–Kier alpha value is -2.34. The molecule has 0 saturated heterocycles. The summed E-state index contributed by atoms with van der Waals surface area (Å²) in [6.45, 7) is 1.81. The van der Waals surface area contributed by atoms with Crippen LogP contribution >= 0.6 is 0 Å². The second-order valence-corrected chi connectivity index (χ2v) is 4.45. The van der Waals surface area contributed by atoms with Crippen LogP contribution in [0.15, 0.2) is 30.5 Å². The number of aliphatic hydroxyl groups excluding tert-OH is 1. The van der Waals surface area contributed by atoms with E-state index in [-0.39, 0.29) is 12.5 Å². The third-order valence-corrected chi connectivity index (χ3v) is 2.82. The highest BCUT2D eigenvalue weighted by Gasteiger charge is 2.15. The number of carbonyl (C=O) groups excluding carboxylic acids is 1. The lowest BCUT2D eigenvalue weighted by Crippen LogP contribution is -2.30. The van der Waals surface area contributed by atoms with Gasteiger partial charge in [0.25, 0.3) is 5.91 Å². The quantitative estimate of drug-likeness (QED) is 0.765. The van der Waals surface area contributed by atoms with Crippen molar-refractivity contribution in [2.75, 3.05) is 13.7 Å². The summed E-state index contributed by atoms with van der Waals surface area (Å²) in [6.07, 6.45) is 0.881. The van der Waals surface area contributed by atoms with Crippen molar-refractivity contribution in [3.8, 4) is 17.0 Å². The summed E-state index contributed by atoms with van der Waals surface area (Å²) >= 11 is 0. The fraction of sp³-hybridized carbons (Fsp3) is 0.286. The van der Waals surface area contributed by atoms with Gasteiger partial charge in [0.1, 0.15) is 5.75 Å². The number of aromatic amines is 1. The Morgan fingerprint density at radius 1 is 1.45 bits per heavy atom. The molecule has 0 fully saturated rings. The largest absolute Gasteiger partial charge is 0.497 e. The highest BCUT2D eigenvalue weighted by Crippen LogP contribution is 2.23. The van der Waals surface area contributed by atoms with E-state index < -0.39 is 6.10 Å². The molecule has 6 nitrogen and oxygen atoms in total. The van der Waals surface area contributed by atoms with Gasteiger partial charge in [-0.1, -0.05) is 0 Å². The highest BCUT2D eigenvalue weighted by atomic mass is 16.5. The van der Waals surface area contributed by atoms with Gasteiger partial charge in [0, 0.05) is 12.1 Å². The molecule has 0 bridgehead atoms. The molecule has 0 aliphatic rings. The molecule has 2 aromatic rings. The summed E-state index contributed by atoms with van der Waals surface area (Å²) in [5.74, 6) is 0.471. The van der Waals surface area contributed by atoms with Gasteiger partial charge in [0.05, 0.1) is 30.7 Å². The number of hydrogen-bond acceptors (Lipinski definition) is 4. The van der Waals surface area contributed by atoms with Crippen molar-refractivity contribution in [3.05, 3.63) is 36.0 Å². The second kappa shape index (κ2) is 6.21. The van der Waals surface area contributed by atoms with Crippen LogP contribution in [0.1, 0.15) is 17.3 Å². The van der Waals surface area contributed by atoms with E-state index >= 15 is 0 Å². The SMILES string of the molecule is COc1ccc(-c2[nH]ncc2C(=O)NCC(C)O)cc1. The fourth-order valence-electron chi connectivity index (χ4n) is 1.77. The molecule has 3 N–H and O–H groups in total. The Morgan fingerprint density at radius 2 is 2.15 bits per heavy atom. The van der Waals surface area contributed by atoms with Crippen LogP contribution in [0.5, 0.6) is 5.75 Å².